The van der Waals surface area contributed by atoms with E-state index in [1.165, 1.54) is 23.5 Å². The average molecular weight is 355 g/mol. The number of amides is 1. The van der Waals surface area contributed by atoms with Crippen LogP contribution in [0.5, 0.6) is 0 Å². The number of nitrogens with zero attached hydrogens (tertiary/aromatic N) is 1. The summed E-state index contributed by atoms with van der Waals surface area (Å²) in [6.45, 7) is 6.47. The highest BCUT2D eigenvalue weighted by Gasteiger charge is 2.25. The molecule has 0 spiro atoms. The fourth-order valence-electron chi connectivity index (χ4n) is 2.79. The number of thiophene rings is 1. The van der Waals surface area contributed by atoms with Crippen LogP contribution in [0.3, 0.4) is 0 Å². The molecule has 1 aromatic heterocycles. The highest BCUT2D eigenvalue weighted by molar-refractivity contribution is 7.14. The topological polar surface area (TPSA) is 32.3 Å². The van der Waals surface area contributed by atoms with Gasteiger partial charge in [-0.25, -0.2) is 4.39 Å². The van der Waals surface area contributed by atoms with Crippen LogP contribution in [-0.4, -0.2) is 36.5 Å². The molecule has 23 heavy (non-hydrogen) atoms. The van der Waals surface area contributed by atoms with Crippen LogP contribution in [0.2, 0.25) is 0 Å². The van der Waals surface area contributed by atoms with Gasteiger partial charge in [-0.1, -0.05) is 12.1 Å². The molecule has 0 saturated carbocycles. The summed E-state index contributed by atoms with van der Waals surface area (Å²) in [6, 6.07) is 8.55. The molecule has 1 saturated heterocycles. The number of hydrogen-bond donors (Lipinski definition) is 1. The van der Waals surface area contributed by atoms with Gasteiger partial charge in [0.05, 0.1) is 4.88 Å². The number of piperazine rings is 1. The first kappa shape index (κ1) is 17.9. The molecule has 1 atom stereocenters. The van der Waals surface area contributed by atoms with Crippen LogP contribution >= 0.6 is 23.7 Å². The van der Waals surface area contributed by atoms with Gasteiger partial charge in [0.25, 0.3) is 5.91 Å². The Bertz CT molecular complexity index is 686. The quantitative estimate of drug-likeness (QED) is 0.891. The summed E-state index contributed by atoms with van der Waals surface area (Å²) in [5, 5.41) is 3.29. The van der Waals surface area contributed by atoms with Crippen LogP contribution in [-0.2, 0) is 0 Å². The van der Waals surface area contributed by atoms with Gasteiger partial charge in [-0.3, -0.25) is 4.79 Å². The number of hydrogen-bond acceptors (Lipinski definition) is 3. The normalized spacial score (nSPS) is 17.7. The average Bonchev–Trinajstić information content (AvgIpc) is 2.90. The summed E-state index contributed by atoms with van der Waals surface area (Å²) in [6.07, 6.45) is 0. The molecule has 1 aliphatic rings. The van der Waals surface area contributed by atoms with E-state index in [4.69, 9.17) is 0 Å². The van der Waals surface area contributed by atoms with Gasteiger partial charge in [-0.2, -0.15) is 0 Å². The maximum absolute atomic E-state index is 13.1. The van der Waals surface area contributed by atoms with E-state index >= 15 is 0 Å². The molecule has 0 radical (unpaired) electrons. The monoisotopic (exact) mass is 354 g/mol. The van der Waals surface area contributed by atoms with Crippen molar-refractivity contribution in [2.24, 2.45) is 0 Å². The van der Waals surface area contributed by atoms with Gasteiger partial charge >= 0.3 is 0 Å². The molecule has 0 bridgehead atoms. The maximum atomic E-state index is 13.1. The molecule has 1 unspecified atom stereocenters. The lowest BCUT2D eigenvalue weighted by molar-refractivity contribution is 0.0661. The van der Waals surface area contributed by atoms with Crippen molar-refractivity contribution >= 4 is 29.7 Å². The number of carbonyl (C=O) groups is 1. The highest BCUT2D eigenvalue weighted by Crippen LogP contribution is 2.32. The van der Waals surface area contributed by atoms with Crippen LogP contribution in [0.25, 0.3) is 11.1 Å². The largest absolute Gasteiger partial charge is 0.333 e. The Labute approximate surface area is 145 Å². The van der Waals surface area contributed by atoms with Crippen molar-refractivity contribution in [2.45, 2.75) is 19.9 Å². The minimum atomic E-state index is -0.248. The predicted octanol–water partition coefficient (Wildman–Crippen LogP) is 3.72. The predicted molar refractivity (Wildman–Crippen MR) is 95.1 cm³/mol. The third kappa shape index (κ3) is 3.74. The van der Waals surface area contributed by atoms with E-state index in [1.54, 1.807) is 12.1 Å². The first-order valence-corrected chi connectivity index (χ1v) is 8.26. The van der Waals surface area contributed by atoms with Gasteiger partial charge in [-0.15, -0.1) is 23.7 Å². The minimum absolute atomic E-state index is 0. The molecule has 6 heteroatoms. The van der Waals surface area contributed by atoms with Crippen LogP contribution in [0, 0.1) is 12.7 Å². The zero-order valence-corrected chi connectivity index (χ0v) is 14.8. The Morgan fingerprint density at radius 2 is 2.04 bits per heavy atom. The van der Waals surface area contributed by atoms with Crippen LogP contribution in [0.15, 0.2) is 30.3 Å². The Morgan fingerprint density at radius 3 is 2.70 bits per heavy atom. The third-order valence-electron chi connectivity index (χ3n) is 4.05. The number of nitrogens with one attached hydrogen (secondary N) is 1. The van der Waals surface area contributed by atoms with Crippen molar-refractivity contribution in [3.63, 3.8) is 0 Å². The molecule has 1 fully saturated rings. The van der Waals surface area contributed by atoms with Crippen LogP contribution in [0.4, 0.5) is 4.39 Å². The van der Waals surface area contributed by atoms with E-state index in [-0.39, 0.29) is 30.2 Å². The summed E-state index contributed by atoms with van der Waals surface area (Å²) in [4.78, 5) is 16.5. The molecule has 124 valence electrons. The number of carbonyl (C=O) groups excluding carboxylic acids is 1. The Morgan fingerprint density at radius 1 is 1.35 bits per heavy atom. The smallest absolute Gasteiger partial charge is 0.264 e. The van der Waals surface area contributed by atoms with E-state index in [1.807, 2.05) is 17.9 Å². The van der Waals surface area contributed by atoms with Gasteiger partial charge in [0.1, 0.15) is 5.82 Å². The van der Waals surface area contributed by atoms with E-state index in [2.05, 4.69) is 12.2 Å². The second-order valence-corrected chi connectivity index (χ2v) is 6.90. The molecule has 0 aliphatic carbocycles. The molecular formula is C17H20ClFN2OS. The van der Waals surface area contributed by atoms with E-state index in [0.29, 0.717) is 0 Å². The molecular weight excluding hydrogens is 335 g/mol. The number of rotatable bonds is 2. The lowest BCUT2D eigenvalue weighted by Gasteiger charge is -2.33. The van der Waals surface area contributed by atoms with Crippen LogP contribution < -0.4 is 5.32 Å². The summed E-state index contributed by atoms with van der Waals surface area (Å²) in [7, 11) is 0. The third-order valence-corrected chi connectivity index (χ3v) is 5.08. The molecule has 1 amide bonds. The highest BCUT2D eigenvalue weighted by atomic mass is 35.5. The maximum Gasteiger partial charge on any atom is 0.264 e. The van der Waals surface area contributed by atoms with Gasteiger partial charge in [0.15, 0.2) is 0 Å². The zero-order valence-electron chi connectivity index (χ0n) is 13.1. The zero-order chi connectivity index (χ0) is 15.7. The summed E-state index contributed by atoms with van der Waals surface area (Å²) in [5.74, 6) is -0.155. The van der Waals surface area contributed by atoms with Crippen molar-refractivity contribution in [1.82, 2.24) is 10.2 Å². The molecule has 1 aromatic carbocycles. The molecule has 1 aliphatic heterocycles. The lowest BCUT2D eigenvalue weighted by Crippen LogP contribution is -2.52. The molecule has 3 nitrogen and oxygen atoms in total. The number of benzene rings is 1. The summed E-state index contributed by atoms with van der Waals surface area (Å²) in [5.41, 5.74) is 1.96. The van der Waals surface area contributed by atoms with Crippen molar-refractivity contribution in [2.75, 3.05) is 19.6 Å². The fourth-order valence-corrected chi connectivity index (χ4v) is 3.79. The molecule has 2 aromatic rings. The summed E-state index contributed by atoms with van der Waals surface area (Å²) >= 11 is 1.51. The van der Waals surface area contributed by atoms with Gasteiger partial charge in [0, 0.05) is 30.6 Å². The molecule has 1 N–H and O–H groups in total. The number of aryl methyl sites for hydroxylation is 1. The fraction of sp³-hybridized carbons (Fsp3) is 0.353. The first-order valence-electron chi connectivity index (χ1n) is 7.44. The van der Waals surface area contributed by atoms with Crippen molar-refractivity contribution in [1.29, 1.82) is 0 Å². The second kappa shape index (κ2) is 7.43. The lowest BCUT2D eigenvalue weighted by atomic mass is 10.1. The number of halogens is 2. The van der Waals surface area contributed by atoms with Crippen LogP contribution in [0.1, 0.15) is 21.5 Å². The van der Waals surface area contributed by atoms with E-state index in [9.17, 15) is 9.18 Å². The minimum Gasteiger partial charge on any atom is -0.333 e. The van der Waals surface area contributed by atoms with Gasteiger partial charge in [-0.05, 0) is 43.2 Å². The van der Waals surface area contributed by atoms with Crippen molar-refractivity contribution in [3.05, 3.63) is 45.9 Å². The van der Waals surface area contributed by atoms with Crippen molar-refractivity contribution < 1.29 is 9.18 Å². The second-order valence-electron chi connectivity index (χ2n) is 5.64. The molecule has 3 rings (SSSR count). The van der Waals surface area contributed by atoms with E-state index < -0.39 is 0 Å². The summed E-state index contributed by atoms with van der Waals surface area (Å²) < 4.78 is 13.1. The van der Waals surface area contributed by atoms with Gasteiger partial charge < -0.3 is 10.2 Å². The standard InChI is InChI=1S/C17H19FN2OS.ClH/c1-11-10-19-7-8-20(11)17(21)16-9-15(12(2)22-16)13-3-5-14(18)6-4-13;/h3-6,9,11,19H,7-8,10H2,1-2H3;1H. The first-order chi connectivity index (χ1) is 10.6. The van der Waals surface area contributed by atoms with Crippen molar-refractivity contribution in [3.8, 4) is 11.1 Å². The Balaban J connectivity index is 0.00000192. The molecule has 2 heterocycles. The Kier molecular flexibility index (Phi) is 5.79. The Hall–Kier alpha value is -1.43. The van der Waals surface area contributed by atoms with Gasteiger partial charge in [0.2, 0.25) is 0 Å². The SMILES string of the molecule is Cc1sc(C(=O)N2CCNCC2C)cc1-c1ccc(F)cc1.Cl. The van der Waals surface area contributed by atoms with E-state index in [0.717, 1.165) is 40.5 Å².